The molecule has 1 aliphatic rings. The fourth-order valence-corrected chi connectivity index (χ4v) is 4.64. The van der Waals surface area contributed by atoms with E-state index in [1.54, 1.807) is 0 Å². The minimum absolute atomic E-state index is 0.737. The molecule has 3 rings (SSSR count). The van der Waals surface area contributed by atoms with Crippen LogP contribution in [0.15, 0.2) is 36.4 Å². The lowest BCUT2D eigenvalue weighted by Crippen LogP contribution is -2.34. The maximum atomic E-state index is 6.41. The summed E-state index contributed by atoms with van der Waals surface area (Å²) in [4.78, 5) is 2.48. The normalized spacial score (nSPS) is 14.7. The number of hydrogen-bond donors (Lipinski definition) is 2. The Balaban J connectivity index is 1.54. The fraction of sp³-hybridized carbons (Fsp3) is 0.538. The highest BCUT2D eigenvalue weighted by molar-refractivity contribution is 6.31. The predicted octanol–water partition coefficient (Wildman–Crippen LogP) is 6.71. The van der Waals surface area contributed by atoms with Crippen molar-refractivity contribution >= 4 is 23.0 Å². The van der Waals surface area contributed by atoms with Crippen LogP contribution in [0.5, 0.6) is 0 Å². The molecule has 1 aliphatic carbocycles. The zero-order chi connectivity index (χ0) is 21.3. The smallest absolute Gasteiger partial charge is 0.0458 e. The van der Waals surface area contributed by atoms with Gasteiger partial charge in [-0.1, -0.05) is 49.1 Å². The molecule has 0 spiro atoms. The molecule has 1 fully saturated rings. The molecular weight excluding hydrogens is 390 g/mol. The predicted molar refractivity (Wildman–Crippen MR) is 132 cm³/mol. The van der Waals surface area contributed by atoms with E-state index >= 15 is 0 Å². The van der Waals surface area contributed by atoms with Gasteiger partial charge in [0.05, 0.1) is 0 Å². The van der Waals surface area contributed by atoms with Gasteiger partial charge in [0.15, 0.2) is 0 Å². The largest absolute Gasteiger partial charge is 0.381 e. The Labute approximate surface area is 188 Å². The van der Waals surface area contributed by atoms with Crippen molar-refractivity contribution in [2.75, 3.05) is 29.9 Å². The fourth-order valence-electron chi connectivity index (χ4n) is 4.34. The van der Waals surface area contributed by atoms with Crippen molar-refractivity contribution in [3.8, 4) is 0 Å². The van der Waals surface area contributed by atoms with Crippen LogP contribution in [-0.4, -0.2) is 25.7 Å². The molecule has 0 bridgehead atoms. The van der Waals surface area contributed by atoms with E-state index in [0.29, 0.717) is 0 Å². The molecule has 0 radical (unpaired) electrons. The first-order valence-corrected chi connectivity index (χ1v) is 12.0. The molecule has 0 atom stereocenters. The van der Waals surface area contributed by atoms with Gasteiger partial charge >= 0.3 is 0 Å². The minimum atomic E-state index is 0.737. The molecular formula is C26H38ClN3. The summed E-state index contributed by atoms with van der Waals surface area (Å²) >= 11 is 6.41. The van der Waals surface area contributed by atoms with Crippen LogP contribution in [0.4, 0.5) is 11.4 Å². The van der Waals surface area contributed by atoms with Crippen LogP contribution in [-0.2, 0) is 6.54 Å². The first kappa shape index (κ1) is 23.0. The third kappa shape index (κ3) is 6.65. The number of halogens is 1. The zero-order valence-electron chi connectivity index (χ0n) is 18.9. The van der Waals surface area contributed by atoms with Crippen molar-refractivity contribution in [2.24, 2.45) is 0 Å². The van der Waals surface area contributed by atoms with Gasteiger partial charge in [0.1, 0.15) is 0 Å². The van der Waals surface area contributed by atoms with Crippen LogP contribution in [0, 0.1) is 13.8 Å². The summed E-state index contributed by atoms with van der Waals surface area (Å²) in [7, 11) is 0. The summed E-state index contributed by atoms with van der Waals surface area (Å²) in [6.07, 6.45) is 8.10. The Hall–Kier alpha value is -1.71. The number of rotatable bonds is 10. The summed E-state index contributed by atoms with van der Waals surface area (Å²) in [5, 5.41) is 8.20. The number of hydrogen-bond acceptors (Lipinski definition) is 3. The van der Waals surface area contributed by atoms with E-state index in [0.717, 1.165) is 42.8 Å². The van der Waals surface area contributed by atoms with Crippen molar-refractivity contribution in [3.63, 3.8) is 0 Å². The van der Waals surface area contributed by atoms with Gasteiger partial charge in [0.2, 0.25) is 0 Å². The van der Waals surface area contributed by atoms with E-state index in [4.69, 9.17) is 11.6 Å². The van der Waals surface area contributed by atoms with Gasteiger partial charge in [-0.25, -0.2) is 0 Å². The molecule has 0 heterocycles. The van der Waals surface area contributed by atoms with Gasteiger partial charge in [-0.3, -0.25) is 0 Å². The van der Waals surface area contributed by atoms with Crippen LogP contribution in [0.1, 0.15) is 62.1 Å². The van der Waals surface area contributed by atoms with E-state index in [9.17, 15) is 0 Å². The first-order chi connectivity index (χ1) is 14.6. The van der Waals surface area contributed by atoms with Crippen molar-refractivity contribution in [3.05, 3.63) is 58.1 Å². The third-order valence-corrected chi connectivity index (χ3v) is 6.64. The number of nitrogens with one attached hydrogen (secondary N) is 2. The molecule has 0 unspecified atom stereocenters. The molecule has 2 aromatic carbocycles. The molecule has 2 aromatic rings. The lowest BCUT2D eigenvalue weighted by molar-refractivity contribution is 0.372. The summed E-state index contributed by atoms with van der Waals surface area (Å²) in [5.74, 6) is 0. The molecule has 0 aromatic heterocycles. The van der Waals surface area contributed by atoms with Gasteiger partial charge < -0.3 is 15.5 Å². The molecule has 0 amide bonds. The maximum Gasteiger partial charge on any atom is 0.0458 e. The molecule has 3 nitrogen and oxygen atoms in total. The van der Waals surface area contributed by atoms with Gasteiger partial charge in [0.25, 0.3) is 0 Å². The van der Waals surface area contributed by atoms with Gasteiger partial charge in [-0.05, 0) is 81.5 Å². The second kappa shape index (κ2) is 11.6. The highest BCUT2D eigenvalue weighted by Crippen LogP contribution is 2.25. The Morgan fingerprint density at radius 3 is 2.57 bits per heavy atom. The van der Waals surface area contributed by atoms with Crippen molar-refractivity contribution < 1.29 is 0 Å². The topological polar surface area (TPSA) is 27.3 Å². The van der Waals surface area contributed by atoms with Crippen molar-refractivity contribution in [1.82, 2.24) is 5.32 Å². The van der Waals surface area contributed by atoms with E-state index < -0.39 is 0 Å². The average molecular weight is 428 g/mol. The highest BCUT2D eigenvalue weighted by atomic mass is 35.5. The van der Waals surface area contributed by atoms with E-state index in [2.05, 4.69) is 66.6 Å². The Bertz CT molecular complexity index is 799. The second-order valence-electron chi connectivity index (χ2n) is 8.67. The summed E-state index contributed by atoms with van der Waals surface area (Å²) in [6, 6.07) is 13.8. The molecule has 30 heavy (non-hydrogen) atoms. The lowest BCUT2D eigenvalue weighted by atomic mass is 9.95. The van der Waals surface area contributed by atoms with Gasteiger partial charge in [-0.15, -0.1) is 0 Å². The van der Waals surface area contributed by atoms with E-state index in [-0.39, 0.29) is 0 Å². The minimum Gasteiger partial charge on any atom is -0.381 e. The van der Waals surface area contributed by atoms with Crippen LogP contribution < -0.4 is 15.5 Å². The van der Waals surface area contributed by atoms with Crippen LogP contribution in [0.2, 0.25) is 5.02 Å². The maximum absolute atomic E-state index is 6.41. The third-order valence-electron chi connectivity index (χ3n) is 6.29. The number of anilines is 2. The SMILES string of the molecule is CCN(CCCNC1CCCCC1)c1ccc(C)c(NCc2ccc(C)cc2Cl)c1. The lowest BCUT2D eigenvalue weighted by Gasteiger charge is -2.26. The van der Waals surface area contributed by atoms with Crippen molar-refractivity contribution in [1.29, 1.82) is 0 Å². The molecule has 1 saturated carbocycles. The van der Waals surface area contributed by atoms with Crippen molar-refractivity contribution in [2.45, 2.75) is 71.9 Å². The first-order valence-electron chi connectivity index (χ1n) is 11.6. The Morgan fingerprint density at radius 2 is 1.83 bits per heavy atom. The quantitative estimate of drug-likeness (QED) is 0.412. The van der Waals surface area contributed by atoms with Gasteiger partial charge in [0, 0.05) is 42.1 Å². The van der Waals surface area contributed by atoms with Crippen LogP contribution in [0.25, 0.3) is 0 Å². The number of benzene rings is 2. The van der Waals surface area contributed by atoms with E-state index in [1.165, 1.54) is 61.0 Å². The van der Waals surface area contributed by atoms with Gasteiger partial charge in [-0.2, -0.15) is 0 Å². The summed E-state index contributed by atoms with van der Waals surface area (Å²) in [5.41, 5.74) is 6.06. The highest BCUT2D eigenvalue weighted by Gasteiger charge is 2.13. The molecule has 164 valence electrons. The molecule has 4 heteroatoms. The molecule has 2 N–H and O–H groups in total. The summed E-state index contributed by atoms with van der Waals surface area (Å²) in [6.45, 7) is 10.4. The number of nitrogens with zero attached hydrogens (tertiary/aromatic N) is 1. The summed E-state index contributed by atoms with van der Waals surface area (Å²) < 4.78 is 0. The standard InChI is InChI=1S/C26H38ClN3/c1-4-30(16-8-15-28-23-9-6-5-7-10-23)24-14-12-21(3)26(18-24)29-19-22-13-11-20(2)17-25(22)27/h11-14,17-18,23,28-29H,4-10,15-16,19H2,1-3H3. The monoisotopic (exact) mass is 427 g/mol. The number of aryl methyl sites for hydroxylation is 2. The van der Waals surface area contributed by atoms with E-state index in [1.807, 2.05) is 6.07 Å². The second-order valence-corrected chi connectivity index (χ2v) is 9.08. The molecule has 0 aliphatic heterocycles. The Kier molecular flexibility index (Phi) is 8.89. The van der Waals surface area contributed by atoms with Crippen LogP contribution >= 0.6 is 11.6 Å². The average Bonchev–Trinajstić information content (AvgIpc) is 2.75. The zero-order valence-corrected chi connectivity index (χ0v) is 19.7. The Morgan fingerprint density at radius 1 is 1.03 bits per heavy atom. The molecule has 0 saturated heterocycles. The van der Waals surface area contributed by atoms with Crippen LogP contribution in [0.3, 0.4) is 0 Å².